The molecule has 0 atom stereocenters. The quantitative estimate of drug-likeness (QED) is 0.697. The van der Waals surface area contributed by atoms with Crippen LogP contribution in [0.4, 0.5) is 0 Å². The summed E-state index contributed by atoms with van der Waals surface area (Å²) < 4.78 is 0. The van der Waals surface area contributed by atoms with Crippen molar-refractivity contribution in [3.8, 4) is 0 Å². The third kappa shape index (κ3) is 1.47. The topological polar surface area (TPSA) is 17.1 Å². The molecule has 0 unspecified atom stereocenters. The summed E-state index contributed by atoms with van der Waals surface area (Å²) in [5.74, 6) is 0.371. The maximum absolute atomic E-state index is 11.3. The molecule has 0 aliphatic heterocycles. The Morgan fingerprint density at radius 3 is 1.79 bits per heavy atom. The molecule has 0 spiro atoms. The predicted molar refractivity (Wildman–Crippen MR) is 57.6 cm³/mol. The first-order valence-electron chi connectivity index (χ1n) is 5.39. The molecule has 2 rings (SSSR count). The van der Waals surface area contributed by atoms with Gasteiger partial charge >= 0.3 is 0 Å². The van der Waals surface area contributed by atoms with E-state index in [2.05, 4.69) is 26.0 Å². The fourth-order valence-corrected chi connectivity index (χ4v) is 2.27. The second-order valence-corrected chi connectivity index (χ2v) is 3.99. The zero-order valence-electron chi connectivity index (χ0n) is 8.89. The van der Waals surface area contributed by atoms with E-state index in [1.54, 1.807) is 0 Å². The van der Waals surface area contributed by atoms with Crippen LogP contribution in [0.25, 0.3) is 0 Å². The maximum atomic E-state index is 11.3. The smallest absolute Gasteiger partial charge is 0.141 e. The number of carbonyl (C=O) groups is 1. The Hall–Kier alpha value is -1.11. The summed E-state index contributed by atoms with van der Waals surface area (Å²) in [5, 5.41) is 0. The molecule has 14 heavy (non-hydrogen) atoms. The summed E-state index contributed by atoms with van der Waals surface area (Å²) in [6.07, 6.45) is 3.47. The number of Topliss-reactive ketones (excluding diaryl/α,β-unsaturated/α-hetero) is 1. The van der Waals surface area contributed by atoms with E-state index in [9.17, 15) is 4.79 Å². The minimum Gasteiger partial charge on any atom is -0.299 e. The Balaban J connectivity index is 2.48. The van der Waals surface area contributed by atoms with Gasteiger partial charge in [0.25, 0.3) is 0 Å². The van der Waals surface area contributed by atoms with Gasteiger partial charge in [-0.3, -0.25) is 4.79 Å². The fourth-order valence-electron chi connectivity index (χ4n) is 2.27. The summed E-state index contributed by atoms with van der Waals surface area (Å²) in [6, 6.07) is 4.47. The van der Waals surface area contributed by atoms with E-state index < -0.39 is 0 Å². The minimum absolute atomic E-state index is 0.371. The molecule has 1 aromatic rings. The van der Waals surface area contributed by atoms with Crippen molar-refractivity contribution in [2.45, 2.75) is 39.5 Å². The Bertz CT molecular complexity index is 342. The van der Waals surface area contributed by atoms with Crippen molar-refractivity contribution in [3.63, 3.8) is 0 Å². The molecule has 0 saturated heterocycles. The van der Waals surface area contributed by atoms with Crippen LogP contribution in [0.1, 0.15) is 36.1 Å². The lowest BCUT2D eigenvalue weighted by atomic mass is 9.97. The highest BCUT2D eigenvalue weighted by molar-refractivity contribution is 5.88. The lowest BCUT2D eigenvalue weighted by Crippen LogP contribution is -1.94. The largest absolute Gasteiger partial charge is 0.299 e. The second-order valence-electron chi connectivity index (χ2n) is 3.99. The molecule has 0 bridgehead atoms. The summed E-state index contributed by atoms with van der Waals surface area (Å²) in [5.41, 5.74) is 5.37. The van der Waals surface area contributed by atoms with E-state index in [1.807, 2.05) is 0 Å². The Labute approximate surface area is 85.1 Å². The van der Waals surface area contributed by atoms with Gasteiger partial charge in [-0.2, -0.15) is 0 Å². The van der Waals surface area contributed by atoms with Gasteiger partial charge in [0.15, 0.2) is 0 Å². The van der Waals surface area contributed by atoms with Gasteiger partial charge in [0.2, 0.25) is 0 Å². The van der Waals surface area contributed by atoms with E-state index in [0.717, 1.165) is 12.8 Å². The Morgan fingerprint density at radius 2 is 1.43 bits per heavy atom. The van der Waals surface area contributed by atoms with E-state index in [4.69, 9.17) is 0 Å². The highest BCUT2D eigenvalue weighted by atomic mass is 16.1. The molecular formula is C13H16O. The van der Waals surface area contributed by atoms with Gasteiger partial charge in [0.1, 0.15) is 5.78 Å². The van der Waals surface area contributed by atoms with E-state index in [1.165, 1.54) is 22.3 Å². The van der Waals surface area contributed by atoms with Gasteiger partial charge in [-0.15, -0.1) is 0 Å². The van der Waals surface area contributed by atoms with Crippen LogP contribution in [0.2, 0.25) is 0 Å². The number of ketones is 1. The van der Waals surface area contributed by atoms with E-state index in [0.29, 0.717) is 18.6 Å². The van der Waals surface area contributed by atoms with Gasteiger partial charge in [-0.1, -0.05) is 26.0 Å². The number of hydrogen-bond donors (Lipinski definition) is 0. The summed E-state index contributed by atoms with van der Waals surface area (Å²) in [6.45, 7) is 4.36. The highest BCUT2D eigenvalue weighted by Crippen LogP contribution is 2.24. The summed E-state index contributed by atoms with van der Waals surface area (Å²) in [4.78, 5) is 11.3. The van der Waals surface area contributed by atoms with Crippen LogP contribution in [0.5, 0.6) is 0 Å². The molecule has 1 aromatic carbocycles. The lowest BCUT2D eigenvalue weighted by molar-refractivity contribution is -0.117. The van der Waals surface area contributed by atoms with Crippen molar-refractivity contribution in [2.24, 2.45) is 0 Å². The standard InChI is InChI=1S/C13H16O/c1-3-9-5-11-7-13(14)8-12(11)6-10(9)4-2/h5-6H,3-4,7-8H2,1-2H3. The van der Waals surface area contributed by atoms with Crippen LogP contribution in [0.15, 0.2) is 12.1 Å². The Morgan fingerprint density at radius 1 is 1.00 bits per heavy atom. The minimum atomic E-state index is 0.371. The number of fused-ring (bicyclic) bond motifs is 1. The van der Waals surface area contributed by atoms with Crippen molar-refractivity contribution in [3.05, 3.63) is 34.4 Å². The molecule has 0 saturated carbocycles. The fraction of sp³-hybridized carbons (Fsp3) is 0.462. The van der Waals surface area contributed by atoms with Crippen LogP contribution in [-0.4, -0.2) is 5.78 Å². The lowest BCUT2D eigenvalue weighted by Gasteiger charge is -2.08. The van der Waals surface area contributed by atoms with Crippen LogP contribution < -0.4 is 0 Å². The first-order valence-corrected chi connectivity index (χ1v) is 5.39. The maximum Gasteiger partial charge on any atom is 0.141 e. The monoisotopic (exact) mass is 188 g/mol. The van der Waals surface area contributed by atoms with Crippen LogP contribution in [0.3, 0.4) is 0 Å². The zero-order chi connectivity index (χ0) is 10.1. The third-order valence-corrected chi connectivity index (χ3v) is 3.06. The molecule has 0 amide bonds. The van der Waals surface area contributed by atoms with Gasteiger partial charge in [-0.25, -0.2) is 0 Å². The third-order valence-electron chi connectivity index (χ3n) is 3.06. The van der Waals surface area contributed by atoms with Gasteiger partial charge in [-0.05, 0) is 35.1 Å². The van der Waals surface area contributed by atoms with Crippen molar-refractivity contribution in [1.82, 2.24) is 0 Å². The molecule has 1 aliphatic carbocycles. The van der Waals surface area contributed by atoms with E-state index >= 15 is 0 Å². The van der Waals surface area contributed by atoms with Gasteiger partial charge in [0.05, 0.1) is 0 Å². The average molecular weight is 188 g/mol. The number of hydrogen-bond acceptors (Lipinski definition) is 1. The van der Waals surface area contributed by atoms with Crippen molar-refractivity contribution in [1.29, 1.82) is 0 Å². The molecule has 74 valence electrons. The van der Waals surface area contributed by atoms with Crippen molar-refractivity contribution < 1.29 is 4.79 Å². The normalized spacial score (nSPS) is 14.6. The summed E-state index contributed by atoms with van der Waals surface area (Å²) >= 11 is 0. The number of carbonyl (C=O) groups excluding carboxylic acids is 1. The van der Waals surface area contributed by atoms with Gasteiger partial charge in [0, 0.05) is 12.8 Å². The van der Waals surface area contributed by atoms with Crippen LogP contribution >= 0.6 is 0 Å². The molecule has 0 fully saturated rings. The molecule has 0 N–H and O–H groups in total. The highest BCUT2D eigenvalue weighted by Gasteiger charge is 2.19. The van der Waals surface area contributed by atoms with Crippen LogP contribution in [0, 0.1) is 0 Å². The molecule has 1 nitrogen and oxygen atoms in total. The average Bonchev–Trinajstić information content (AvgIpc) is 2.54. The van der Waals surface area contributed by atoms with Crippen molar-refractivity contribution in [2.75, 3.05) is 0 Å². The Kier molecular flexibility index (Phi) is 2.40. The molecule has 0 heterocycles. The second kappa shape index (κ2) is 3.56. The first kappa shape index (κ1) is 9.45. The first-order chi connectivity index (χ1) is 6.74. The zero-order valence-corrected chi connectivity index (χ0v) is 8.89. The van der Waals surface area contributed by atoms with Crippen LogP contribution in [-0.2, 0) is 30.5 Å². The summed E-state index contributed by atoms with van der Waals surface area (Å²) in [7, 11) is 0. The van der Waals surface area contributed by atoms with Gasteiger partial charge < -0.3 is 0 Å². The molecule has 1 aliphatic rings. The number of aryl methyl sites for hydroxylation is 2. The predicted octanol–water partition coefficient (Wildman–Crippen LogP) is 2.48. The SMILES string of the molecule is CCc1cc2c(cc1CC)CC(=O)C2. The molecule has 0 radical (unpaired) electrons. The molecule has 1 heteroatoms. The molecular weight excluding hydrogens is 172 g/mol. The van der Waals surface area contributed by atoms with E-state index in [-0.39, 0.29) is 0 Å². The van der Waals surface area contributed by atoms with Crippen molar-refractivity contribution >= 4 is 5.78 Å². The molecule has 0 aromatic heterocycles. The number of benzene rings is 1. The number of rotatable bonds is 2.